The van der Waals surface area contributed by atoms with Gasteiger partial charge in [0, 0.05) is 25.8 Å². The third kappa shape index (κ3) is 4.91. The second-order valence-corrected chi connectivity index (χ2v) is 4.72. The van der Waals surface area contributed by atoms with E-state index in [1.807, 2.05) is 45.0 Å². The SMILES string of the molecule is CCNc1ccccc1C(=O)N(C)CCOC(C)C. The van der Waals surface area contributed by atoms with E-state index in [-0.39, 0.29) is 12.0 Å². The number of amides is 1. The topological polar surface area (TPSA) is 41.6 Å². The number of hydrogen-bond acceptors (Lipinski definition) is 3. The molecule has 0 saturated carbocycles. The Morgan fingerprint density at radius 3 is 2.68 bits per heavy atom. The second-order valence-electron chi connectivity index (χ2n) is 4.72. The fourth-order valence-corrected chi connectivity index (χ4v) is 1.75. The Kier molecular flexibility index (Phi) is 6.36. The predicted octanol–water partition coefficient (Wildman–Crippen LogP) is 2.62. The molecule has 0 saturated heterocycles. The highest BCUT2D eigenvalue weighted by Crippen LogP contribution is 2.16. The van der Waals surface area contributed by atoms with Crippen molar-refractivity contribution in [2.24, 2.45) is 0 Å². The Morgan fingerprint density at radius 1 is 1.37 bits per heavy atom. The van der Waals surface area contributed by atoms with Crippen molar-refractivity contribution >= 4 is 11.6 Å². The Balaban J connectivity index is 2.65. The van der Waals surface area contributed by atoms with Gasteiger partial charge >= 0.3 is 0 Å². The summed E-state index contributed by atoms with van der Waals surface area (Å²) < 4.78 is 5.47. The van der Waals surface area contributed by atoms with E-state index in [2.05, 4.69) is 5.32 Å². The third-order valence-corrected chi connectivity index (χ3v) is 2.75. The summed E-state index contributed by atoms with van der Waals surface area (Å²) in [7, 11) is 1.80. The number of para-hydroxylation sites is 1. The monoisotopic (exact) mass is 264 g/mol. The fourth-order valence-electron chi connectivity index (χ4n) is 1.75. The van der Waals surface area contributed by atoms with E-state index in [9.17, 15) is 4.79 Å². The summed E-state index contributed by atoms with van der Waals surface area (Å²) in [5.74, 6) is 0.0175. The summed E-state index contributed by atoms with van der Waals surface area (Å²) in [5, 5.41) is 3.21. The second kappa shape index (κ2) is 7.79. The van der Waals surface area contributed by atoms with E-state index in [1.165, 1.54) is 0 Å². The van der Waals surface area contributed by atoms with Gasteiger partial charge < -0.3 is 15.0 Å². The Hall–Kier alpha value is -1.55. The highest BCUT2D eigenvalue weighted by Gasteiger charge is 2.14. The average molecular weight is 264 g/mol. The first-order valence-corrected chi connectivity index (χ1v) is 6.76. The number of benzene rings is 1. The summed E-state index contributed by atoms with van der Waals surface area (Å²) in [5.41, 5.74) is 1.59. The van der Waals surface area contributed by atoms with Crippen LogP contribution in [0.5, 0.6) is 0 Å². The minimum atomic E-state index is 0.0175. The van der Waals surface area contributed by atoms with Crippen molar-refractivity contribution in [3.05, 3.63) is 29.8 Å². The minimum Gasteiger partial charge on any atom is -0.385 e. The van der Waals surface area contributed by atoms with Gasteiger partial charge in [0.25, 0.3) is 5.91 Å². The van der Waals surface area contributed by atoms with Gasteiger partial charge in [0.2, 0.25) is 0 Å². The zero-order valence-electron chi connectivity index (χ0n) is 12.3. The Morgan fingerprint density at radius 2 is 2.05 bits per heavy atom. The van der Waals surface area contributed by atoms with E-state index in [1.54, 1.807) is 11.9 Å². The molecule has 0 bridgehead atoms. The van der Waals surface area contributed by atoms with Crippen molar-refractivity contribution in [2.45, 2.75) is 26.9 Å². The minimum absolute atomic E-state index is 0.0175. The molecule has 1 aromatic rings. The van der Waals surface area contributed by atoms with Crippen molar-refractivity contribution < 1.29 is 9.53 Å². The van der Waals surface area contributed by atoms with Crippen LogP contribution in [0.2, 0.25) is 0 Å². The number of carbonyl (C=O) groups is 1. The van der Waals surface area contributed by atoms with Crippen LogP contribution >= 0.6 is 0 Å². The van der Waals surface area contributed by atoms with Crippen molar-refractivity contribution in [2.75, 3.05) is 32.1 Å². The molecule has 0 spiro atoms. The van der Waals surface area contributed by atoms with Crippen molar-refractivity contribution in [3.63, 3.8) is 0 Å². The third-order valence-electron chi connectivity index (χ3n) is 2.75. The van der Waals surface area contributed by atoms with Gasteiger partial charge in [-0.3, -0.25) is 4.79 Å². The first-order chi connectivity index (χ1) is 9.06. The van der Waals surface area contributed by atoms with Crippen LogP contribution in [0.1, 0.15) is 31.1 Å². The molecule has 0 unspecified atom stereocenters. The Bertz CT molecular complexity index is 405. The molecule has 4 nitrogen and oxygen atoms in total. The van der Waals surface area contributed by atoms with Gasteiger partial charge in [-0.25, -0.2) is 0 Å². The predicted molar refractivity (Wildman–Crippen MR) is 78.7 cm³/mol. The number of likely N-dealkylation sites (N-methyl/N-ethyl adjacent to an activating group) is 1. The number of anilines is 1. The molecular formula is C15H24N2O2. The fraction of sp³-hybridized carbons (Fsp3) is 0.533. The summed E-state index contributed by atoms with van der Waals surface area (Å²) in [6.07, 6.45) is 0.192. The van der Waals surface area contributed by atoms with Gasteiger partial charge in [0.15, 0.2) is 0 Å². The molecule has 0 aliphatic rings. The van der Waals surface area contributed by atoms with Gasteiger partial charge in [-0.05, 0) is 32.9 Å². The first-order valence-electron chi connectivity index (χ1n) is 6.76. The van der Waals surface area contributed by atoms with Gasteiger partial charge in [-0.2, -0.15) is 0 Å². The molecule has 4 heteroatoms. The molecule has 0 radical (unpaired) electrons. The van der Waals surface area contributed by atoms with Crippen molar-refractivity contribution in [1.29, 1.82) is 0 Å². The molecule has 106 valence electrons. The van der Waals surface area contributed by atoms with Gasteiger partial charge in [0.05, 0.1) is 18.3 Å². The van der Waals surface area contributed by atoms with E-state index >= 15 is 0 Å². The molecule has 0 atom stereocenters. The van der Waals surface area contributed by atoms with E-state index in [0.717, 1.165) is 12.2 Å². The summed E-state index contributed by atoms with van der Waals surface area (Å²) in [6.45, 7) is 7.94. The van der Waals surface area contributed by atoms with Crippen LogP contribution in [0.25, 0.3) is 0 Å². The van der Waals surface area contributed by atoms with Gasteiger partial charge in [-0.15, -0.1) is 0 Å². The zero-order chi connectivity index (χ0) is 14.3. The molecule has 0 aliphatic carbocycles. The molecule has 0 aliphatic heterocycles. The quantitative estimate of drug-likeness (QED) is 0.823. The van der Waals surface area contributed by atoms with Crippen LogP contribution < -0.4 is 5.32 Å². The molecule has 0 fully saturated rings. The van der Waals surface area contributed by atoms with E-state index in [0.29, 0.717) is 18.7 Å². The average Bonchev–Trinajstić information content (AvgIpc) is 2.38. The van der Waals surface area contributed by atoms with Gasteiger partial charge in [0.1, 0.15) is 0 Å². The standard InChI is InChI=1S/C15H24N2O2/c1-5-16-14-9-7-6-8-13(14)15(18)17(4)10-11-19-12(2)3/h6-9,12,16H,5,10-11H2,1-4H3. The maximum atomic E-state index is 12.3. The maximum Gasteiger partial charge on any atom is 0.255 e. The van der Waals surface area contributed by atoms with Gasteiger partial charge in [-0.1, -0.05) is 12.1 Å². The lowest BCUT2D eigenvalue weighted by atomic mass is 10.1. The molecule has 1 amide bonds. The largest absolute Gasteiger partial charge is 0.385 e. The molecule has 0 heterocycles. The van der Waals surface area contributed by atoms with Crippen LogP contribution in [0.4, 0.5) is 5.69 Å². The number of hydrogen-bond donors (Lipinski definition) is 1. The van der Waals surface area contributed by atoms with Crippen molar-refractivity contribution in [1.82, 2.24) is 4.90 Å². The van der Waals surface area contributed by atoms with Crippen LogP contribution in [-0.4, -0.2) is 43.7 Å². The van der Waals surface area contributed by atoms with Crippen LogP contribution in [0, 0.1) is 0 Å². The lowest BCUT2D eigenvalue weighted by molar-refractivity contribution is 0.0532. The molecule has 0 aromatic heterocycles. The maximum absolute atomic E-state index is 12.3. The van der Waals surface area contributed by atoms with E-state index in [4.69, 9.17) is 4.74 Å². The van der Waals surface area contributed by atoms with Crippen LogP contribution in [0.15, 0.2) is 24.3 Å². The summed E-state index contributed by atoms with van der Waals surface area (Å²) in [6, 6.07) is 7.58. The Labute approximate surface area is 115 Å². The lowest BCUT2D eigenvalue weighted by Gasteiger charge is -2.20. The molecule has 1 N–H and O–H groups in total. The number of carbonyl (C=O) groups excluding carboxylic acids is 1. The lowest BCUT2D eigenvalue weighted by Crippen LogP contribution is -2.31. The number of nitrogens with zero attached hydrogens (tertiary/aromatic N) is 1. The normalized spacial score (nSPS) is 10.6. The van der Waals surface area contributed by atoms with E-state index < -0.39 is 0 Å². The highest BCUT2D eigenvalue weighted by atomic mass is 16.5. The summed E-state index contributed by atoms with van der Waals surface area (Å²) in [4.78, 5) is 14.0. The molecular weight excluding hydrogens is 240 g/mol. The molecule has 1 aromatic carbocycles. The highest BCUT2D eigenvalue weighted by molar-refractivity contribution is 5.99. The smallest absolute Gasteiger partial charge is 0.255 e. The summed E-state index contributed by atoms with van der Waals surface area (Å²) >= 11 is 0. The van der Waals surface area contributed by atoms with Crippen LogP contribution in [0.3, 0.4) is 0 Å². The number of rotatable bonds is 7. The zero-order valence-corrected chi connectivity index (χ0v) is 12.3. The number of nitrogens with one attached hydrogen (secondary N) is 1. The van der Waals surface area contributed by atoms with Crippen molar-refractivity contribution in [3.8, 4) is 0 Å². The molecule has 19 heavy (non-hydrogen) atoms. The number of ether oxygens (including phenoxy) is 1. The molecule has 1 rings (SSSR count). The first kappa shape index (κ1) is 15.5. The van der Waals surface area contributed by atoms with Crippen LogP contribution in [-0.2, 0) is 4.74 Å².